The average Bonchev–Trinajstić information content (AvgIpc) is 1.55. The molecule has 0 saturated heterocycles. The van der Waals surface area contributed by atoms with Crippen LogP contribution in [0.3, 0.4) is 0 Å². The highest BCUT2D eigenvalue weighted by Crippen LogP contribution is 2.20. The third-order valence-corrected chi connectivity index (χ3v) is 15.9. The lowest BCUT2D eigenvalue weighted by Crippen LogP contribution is -2.62. The van der Waals surface area contributed by atoms with Crippen molar-refractivity contribution in [2.45, 2.75) is 183 Å². The van der Waals surface area contributed by atoms with Crippen LogP contribution in [-0.2, 0) is 97.5 Å². The summed E-state index contributed by atoms with van der Waals surface area (Å²) in [6, 6.07) is -15.4. The maximum atomic E-state index is 14.3. The minimum absolute atomic E-state index is 0.0897. The monoisotopic (exact) mass is 1500 g/mol. The van der Waals surface area contributed by atoms with Crippen LogP contribution in [0, 0.1) is 5.92 Å². The van der Waals surface area contributed by atoms with Crippen molar-refractivity contribution in [3.8, 4) is 0 Å². The lowest BCUT2D eigenvalue weighted by Gasteiger charge is -2.29. The van der Waals surface area contributed by atoms with Crippen molar-refractivity contribution in [2.75, 3.05) is 32.8 Å². The van der Waals surface area contributed by atoms with Gasteiger partial charge in [-0.3, -0.25) is 86.3 Å². The zero-order chi connectivity index (χ0) is 80.1. The fraction of sp³-hybridized carbons (Fsp3) is 0.565. The number of hydrogen-bond donors (Lipinski definition) is 25. The second kappa shape index (κ2) is 46.3. The van der Waals surface area contributed by atoms with Gasteiger partial charge in [0.25, 0.3) is 0 Å². The normalized spacial score (nSPS) is 14.7. The molecule has 0 spiro atoms. The molecule has 2 aromatic rings. The molecule has 16 amide bonds. The minimum Gasteiger partial charge on any atom is -0.481 e. The molecule has 13 atom stereocenters. The van der Waals surface area contributed by atoms with Crippen LogP contribution < -0.4 is 104 Å². The Morgan fingerprint density at radius 2 is 0.830 bits per heavy atom. The number of aliphatic hydroxyl groups excluding tert-OH is 2. The van der Waals surface area contributed by atoms with E-state index in [1.807, 2.05) is 5.32 Å². The molecule has 588 valence electrons. The maximum Gasteiger partial charge on any atom is 0.326 e. The van der Waals surface area contributed by atoms with Crippen molar-refractivity contribution in [1.29, 1.82) is 0 Å². The number of hydrogen-bond acceptors (Lipinski definition) is 24. The lowest BCUT2D eigenvalue weighted by molar-refractivity contribution is -0.147. The van der Waals surface area contributed by atoms with Gasteiger partial charge in [0, 0.05) is 29.9 Å². The Morgan fingerprint density at radius 1 is 0.434 bits per heavy atom. The van der Waals surface area contributed by atoms with E-state index >= 15 is 0 Å². The zero-order valence-electron chi connectivity index (χ0n) is 58.1. The quantitative estimate of drug-likeness (QED) is 0.0274. The number of carboxylic acid groups (broad SMARTS) is 3. The van der Waals surface area contributed by atoms with Crippen LogP contribution in [0.15, 0.2) is 30.5 Å². The fourth-order valence-corrected chi connectivity index (χ4v) is 10.0. The zero-order valence-corrected chi connectivity index (χ0v) is 58.1. The topological polar surface area (TPSA) is 768 Å². The van der Waals surface area contributed by atoms with E-state index in [0.717, 1.165) is 0 Å². The maximum absolute atomic E-state index is 14.3. The van der Waals surface area contributed by atoms with E-state index in [1.165, 1.54) is 13.1 Å². The first-order chi connectivity index (χ1) is 49.9. The number of carboxylic acids is 3. The number of aromatic nitrogens is 1. The highest BCUT2D eigenvalue weighted by Gasteiger charge is 2.39. The Bertz CT molecular complexity index is 3480. The molecule has 0 unspecified atom stereocenters. The van der Waals surface area contributed by atoms with Gasteiger partial charge in [-0.05, 0) is 69.2 Å². The molecule has 0 aliphatic heterocycles. The summed E-state index contributed by atoms with van der Waals surface area (Å²) in [4.78, 5) is 251. The number of rotatable bonds is 52. The molecule has 0 radical (unpaired) electrons. The summed E-state index contributed by atoms with van der Waals surface area (Å²) >= 11 is 0. The van der Waals surface area contributed by atoms with Crippen molar-refractivity contribution in [3.05, 3.63) is 36.0 Å². The molecule has 0 aliphatic carbocycles. The van der Waals surface area contributed by atoms with Crippen LogP contribution in [0.1, 0.15) is 109 Å². The van der Waals surface area contributed by atoms with Crippen LogP contribution in [0.5, 0.6) is 0 Å². The van der Waals surface area contributed by atoms with E-state index in [1.54, 1.807) is 31.2 Å². The average molecular weight is 1510 g/mol. The van der Waals surface area contributed by atoms with Crippen LogP contribution in [-0.4, -0.2) is 248 Å². The van der Waals surface area contributed by atoms with Gasteiger partial charge in [0.15, 0.2) is 0 Å². The van der Waals surface area contributed by atoms with Crippen molar-refractivity contribution in [3.63, 3.8) is 0 Å². The van der Waals surface area contributed by atoms with Crippen LogP contribution in [0.4, 0.5) is 0 Å². The lowest BCUT2D eigenvalue weighted by atomic mass is 9.97. The number of aliphatic hydroxyl groups is 2. The number of primary amides is 4. The van der Waals surface area contributed by atoms with Crippen molar-refractivity contribution < 1.29 is 117 Å². The SMILES string of the molecule is CC[C@H](C)[C@H](NC(=O)[C@H](CCC(N)=O)NC(=O)[C@H](CC(N)=O)NC(=O)[C@H](CO)NC(=O)[C@H](CC(N)=O)NC(=O)[C@H](Cc1c[nH]c2ccccc12)NC(=O)[C@H](CC(=O)O)NC(=O)[C@@H](N)CCCCN)C(=O)N[C@@H](CO)C(=O)N[C@@H](CCCCN)C(=O)NCC(=O)N[C@@H](CC(N)=O)C(=O)N[C@@H](CC(=O)O)C(=O)O. The molecular weight excluding hydrogens is 1410 g/mol. The highest BCUT2D eigenvalue weighted by molar-refractivity contribution is 6.02. The first kappa shape index (κ1) is 90.6. The Hall–Kier alpha value is -11.5. The van der Waals surface area contributed by atoms with E-state index in [4.69, 9.17) is 45.2 Å². The number of benzene rings is 1. The highest BCUT2D eigenvalue weighted by atomic mass is 16.4. The predicted molar refractivity (Wildman–Crippen MR) is 366 cm³/mol. The standard InChI is InChI=1S/C62H96N20O24/c1-3-28(2)50(61(104)81-42(27-84)59(102)73-33(13-7-9-17-64)52(95)71-25-47(89)72-36(19-44(67)86)55(98)79-40(62(105)106)23-49(92)93)82-53(96)34(14-15-43(66)85)74-56(99)37(20-45(68)87)78-60(103)41(26-83)80-57(100)38(21-46(69)88)77-54(97)35(18-29-24-70-32-12-5-4-10-30(29)32)76-58(101)39(22-48(90)91)75-51(94)31(65)11-6-8-16-63/h4-5,10,12,24,28,31,33-42,50,70,83-84H,3,6-9,11,13-23,25-27,63-65H2,1-2H3,(H2,66,85)(H2,67,86)(H2,68,87)(H2,69,88)(H,71,95)(H,72,89)(H,73,102)(H,74,99)(H,75,94)(H,76,101)(H,77,97)(H,78,103)(H,79,98)(H,80,100)(H,81,104)(H,82,96)(H,90,91)(H,92,93)(H,105,106)/t28-,31-,33-,34-,35-,36-,37-,38-,39-,40-,41-,42-,50-/m0/s1. The third-order valence-electron chi connectivity index (χ3n) is 15.9. The number of carbonyl (C=O) groups is 19. The number of fused-ring (bicyclic) bond motifs is 1. The molecular formula is C62H96N20O24. The van der Waals surface area contributed by atoms with Gasteiger partial charge in [-0.25, -0.2) is 4.79 Å². The summed E-state index contributed by atoms with van der Waals surface area (Å²) in [6.45, 7) is -0.0784. The van der Waals surface area contributed by atoms with Gasteiger partial charge < -0.3 is 134 Å². The van der Waals surface area contributed by atoms with Gasteiger partial charge in [-0.15, -0.1) is 0 Å². The molecule has 0 fully saturated rings. The number of nitrogens with two attached hydrogens (primary N) is 7. The van der Waals surface area contributed by atoms with Gasteiger partial charge in [-0.2, -0.15) is 0 Å². The molecule has 1 aromatic carbocycles. The summed E-state index contributed by atoms with van der Waals surface area (Å²) < 4.78 is 0. The number of aliphatic carboxylic acids is 3. The Morgan fingerprint density at radius 3 is 1.30 bits per heavy atom. The Balaban J connectivity index is 2.42. The number of para-hydroxylation sites is 1. The molecule has 106 heavy (non-hydrogen) atoms. The first-order valence-electron chi connectivity index (χ1n) is 33.2. The van der Waals surface area contributed by atoms with E-state index in [-0.39, 0.29) is 45.2 Å². The molecule has 0 bridgehead atoms. The van der Waals surface area contributed by atoms with Crippen molar-refractivity contribution in [1.82, 2.24) is 68.8 Å². The molecule has 44 nitrogen and oxygen atoms in total. The summed E-state index contributed by atoms with van der Waals surface area (Å²) in [6.07, 6.45) is -4.06. The first-order valence-corrected chi connectivity index (χ1v) is 33.2. The van der Waals surface area contributed by atoms with Gasteiger partial charge in [0.05, 0.1) is 57.9 Å². The fourth-order valence-electron chi connectivity index (χ4n) is 10.0. The summed E-state index contributed by atoms with van der Waals surface area (Å²) in [5, 5.41) is 75.7. The molecule has 0 saturated carbocycles. The smallest absolute Gasteiger partial charge is 0.326 e. The van der Waals surface area contributed by atoms with E-state index in [2.05, 4.69) is 63.5 Å². The predicted octanol–water partition coefficient (Wildman–Crippen LogP) is -11.3. The summed E-state index contributed by atoms with van der Waals surface area (Å²) in [5.74, 6) is -25.5. The summed E-state index contributed by atoms with van der Waals surface area (Å²) in [5.41, 5.74) is 39.5. The molecule has 1 heterocycles. The molecule has 1 aromatic heterocycles. The van der Waals surface area contributed by atoms with Crippen molar-refractivity contribution in [2.24, 2.45) is 46.1 Å². The van der Waals surface area contributed by atoms with Crippen LogP contribution >= 0.6 is 0 Å². The minimum atomic E-state index is -2.14. The molecule has 32 N–H and O–H groups in total. The van der Waals surface area contributed by atoms with Gasteiger partial charge in [-0.1, -0.05) is 44.9 Å². The van der Waals surface area contributed by atoms with Crippen LogP contribution in [0.25, 0.3) is 10.9 Å². The van der Waals surface area contributed by atoms with E-state index in [9.17, 15) is 112 Å². The molecule has 0 aliphatic rings. The second-order valence-electron chi connectivity index (χ2n) is 24.4. The number of carbonyl (C=O) groups excluding carboxylic acids is 16. The van der Waals surface area contributed by atoms with Gasteiger partial charge in [0.2, 0.25) is 94.5 Å². The van der Waals surface area contributed by atoms with Crippen molar-refractivity contribution >= 4 is 123 Å². The van der Waals surface area contributed by atoms with Gasteiger partial charge >= 0.3 is 17.9 Å². The van der Waals surface area contributed by atoms with E-state index < -0.39 is 262 Å². The van der Waals surface area contributed by atoms with Crippen LogP contribution in [0.2, 0.25) is 0 Å². The molecule has 2 rings (SSSR count). The number of H-pyrrole nitrogens is 1. The van der Waals surface area contributed by atoms with E-state index in [0.29, 0.717) is 29.3 Å². The summed E-state index contributed by atoms with van der Waals surface area (Å²) in [7, 11) is 0. The Kier molecular flexibility index (Phi) is 39.5. The number of amides is 16. The van der Waals surface area contributed by atoms with Gasteiger partial charge in [0.1, 0.15) is 66.5 Å². The Labute approximate surface area is 604 Å². The number of unbranched alkanes of at least 4 members (excludes halogenated alkanes) is 2. The number of nitrogens with one attached hydrogen (secondary N) is 13. The second-order valence-corrected chi connectivity index (χ2v) is 24.4. The largest absolute Gasteiger partial charge is 0.481 e. The molecule has 44 heteroatoms. The third kappa shape index (κ3) is 32.4. The number of aromatic amines is 1.